The van der Waals surface area contributed by atoms with Crippen LogP contribution >= 0.6 is 0 Å². The van der Waals surface area contributed by atoms with Crippen LogP contribution in [0.4, 0.5) is 15.9 Å². The molecule has 4 atom stereocenters. The van der Waals surface area contributed by atoms with Gasteiger partial charge in [0.1, 0.15) is 23.1 Å². The van der Waals surface area contributed by atoms with Gasteiger partial charge in [0.2, 0.25) is 0 Å². The molecule has 3 saturated heterocycles. The Balaban J connectivity index is 1.09. The predicted molar refractivity (Wildman–Crippen MR) is 147 cm³/mol. The summed E-state index contributed by atoms with van der Waals surface area (Å²) in [6.07, 6.45) is 4.17. The number of rotatable bonds is 6. The predicted octanol–water partition coefficient (Wildman–Crippen LogP) is 1.34. The Morgan fingerprint density at radius 1 is 1.08 bits per heavy atom. The SMILES string of the molecule is CO[C@@H]1CN(c2ccc(CCN3CCN4[C@@H](C3)CN(c3ccc(C#N)n5ncc(F)c35)C[C@H]4C)cn2)CC1N. The number of halogens is 1. The summed E-state index contributed by atoms with van der Waals surface area (Å²) < 4.78 is 21.6. The van der Waals surface area contributed by atoms with Crippen molar-refractivity contribution >= 4 is 17.0 Å². The molecule has 3 aromatic rings. The maximum atomic E-state index is 14.7. The molecule has 3 aliphatic rings. The Morgan fingerprint density at radius 3 is 2.69 bits per heavy atom. The van der Waals surface area contributed by atoms with Crippen LogP contribution in [0.15, 0.2) is 36.7 Å². The first-order chi connectivity index (χ1) is 18.9. The van der Waals surface area contributed by atoms with Crippen molar-refractivity contribution in [2.45, 2.75) is 37.6 Å². The van der Waals surface area contributed by atoms with Gasteiger partial charge in [0.15, 0.2) is 5.82 Å². The summed E-state index contributed by atoms with van der Waals surface area (Å²) in [5.74, 6) is 0.554. The number of hydrogen-bond acceptors (Lipinski definition) is 9. The Hall–Kier alpha value is -3.30. The first kappa shape index (κ1) is 26.0. The van der Waals surface area contributed by atoms with Gasteiger partial charge in [-0.25, -0.2) is 13.9 Å². The van der Waals surface area contributed by atoms with E-state index in [1.807, 2.05) is 12.3 Å². The van der Waals surface area contributed by atoms with Gasteiger partial charge in [0, 0.05) is 77.7 Å². The normalized spacial score (nSPS) is 26.2. The first-order valence-electron chi connectivity index (χ1n) is 13.7. The number of anilines is 2. The number of aromatic nitrogens is 3. The summed E-state index contributed by atoms with van der Waals surface area (Å²) in [4.78, 5) is 14.3. The second kappa shape index (κ2) is 10.7. The van der Waals surface area contributed by atoms with Crippen LogP contribution in [0.2, 0.25) is 0 Å². The molecule has 3 aliphatic heterocycles. The van der Waals surface area contributed by atoms with E-state index in [1.165, 1.54) is 16.3 Å². The summed E-state index contributed by atoms with van der Waals surface area (Å²) >= 11 is 0. The molecule has 0 aromatic carbocycles. The summed E-state index contributed by atoms with van der Waals surface area (Å²) in [6, 6.07) is 10.7. The molecule has 2 N–H and O–H groups in total. The average Bonchev–Trinajstić information content (AvgIpc) is 3.54. The third kappa shape index (κ3) is 4.94. The van der Waals surface area contributed by atoms with E-state index < -0.39 is 5.82 Å². The number of nitrogens with two attached hydrogens (primary N) is 1. The zero-order chi connectivity index (χ0) is 27.1. The summed E-state index contributed by atoms with van der Waals surface area (Å²) in [7, 11) is 1.71. The van der Waals surface area contributed by atoms with Crippen molar-refractivity contribution in [1.29, 1.82) is 5.26 Å². The highest BCUT2D eigenvalue weighted by atomic mass is 19.1. The van der Waals surface area contributed by atoms with Crippen LogP contribution in [0, 0.1) is 17.1 Å². The molecular weight excluding hydrogens is 497 g/mol. The zero-order valence-electron chi connectivity index (χ0n) is 22.6. The van der Waals surface area contributed by atoms with Crippen LogP contribution in [0.25, 0.3) is 5.52 Å². The molecule has 3 fully saturated rings. The summed E-state index contributed by atoms with van der Waals surface area (Å²) in [5.41, 5.74) is 8.91. The molecule has 0 spiro atoms. The van der Waals surface area contributed by atoms with Gasteiger partial charge in [-0.1, -0.05) is 6.07 Å². The first-order valence-corrected chi connectivity index (χ1v) is 13.7. The van der Waals surface area contributed by atoms with Crippen molar-refractivity contribution in [3.05, 3.63) is 53.7 Å². The molecule has 0 radical (unpaired) electrons. The summed E-state index contributed by atoms with van der Waals surface area (Å²) in [6.45, 7) is 9.39. The maximum Gasteiger partial charge on any atom is 0.171 e. The lowest BCUT2D eigenvalue weighted by atomic mass is 10.0. The topological polar surface area (TPSA) is 102 Å². The van der Waals surface area contributed by atoms with Gasteiger partial charge in [-0.05, 0) is 37.1 Å². The molecular formula is C28H36FN9O. The van der Waals surface area contributed by atoms with Crippen LogP contribution in [0.1, 0.15) is 18.2 Å². The maximum absolute atomic E-state index is 14.7. The number of fused-ring (bicyclic) bond motifs is 2. The van der Waals surface area contributed by atoms with Gasteiger partial charge < -0.3 is 25.2 Å². The fourth-order valence-electron chi connectivity index (χ4n) is 6.49. The van der Waals surface area contributed by atoms with Crippen LogP contribution < -0.4 is 15.5 Å². The third-order valence-electron chi connectivity index (χ3n) is 8.61. The second-order valence-electron chi connectivity index (χ2n) is 11.0. The Bertz CT molecular complexity index is 1360. The van der Waals surface area contributed by atoms with Crippen molar-refractivity contribution in [3.8, 4) is 6.07 Å². The van der Waals surface area contributed by atoms with Crippen LogP contribution in [-0.4, -0.2) is 108 Å². The molecule has 0 bridgehead atoms. The van der Waals surface area contributed by atoms with Gasteiger partial charge in [-0.3, -0.25) is 4.90 Å². The molecule has 0 amide bonds. The fraction of sp³-hybridized carbons (Fsp3) is 0.536. The minimum atomic E-state index is -0.395. The van der Waals surface area contributed by atoms with E-state index >= 15 is 0 Å². The third-order valence-corrected chi connectivity index (χ3v) is 8.61. The number of methoxy groups -OCH3 is 1. The smallest absolute Gasteiger partial charge is 0.171 e. The second-order valence-corrected chi connectivity index (χ2v) is 11.0. The highest BCUT2D eigenvalue weighted by molar-refractivity contribution is 5.75. The lowest BCUT2D eigenvalue weighted by Crippen LogP contribution is -2.65. The highest BCUT2D eigenvalue weighted by Crippen LogP contribution is 2.30. The van der Waals surface area contributed by atoms with Crippen molar-refractivity contribution in [2.75, 3.05) is 69.3 Å². The van der Waals surface area contributed by atoms with E-state index in [2.05, 4.69) is 49.8 Å². The van der Waals surface area contributed by atoms with Gasteiger partial charge in [0.25, 0.3) is 0 Å². The highest BCUT2D eigenvalue weighted by Gasteiger charge is 2.37. The minimum Gasteiger partial charge on any atom is -0.378 e. The largest absolute Gasteiger partial charge is 0.378 e. The van der Waals surface area contributed by atoms with E-state index in [9.17, 15) is 9.65 Å². The van der Waals surface area contributed by atoms with Crippen molar-refractivity contribution in [2.24, 2.45) is 5.73 Å². The number of nitrogens with zero attached hydrogens (tertiary/aromatic N) is 8. The Labute approximate surface area is 228 Å². The van der Waals surface area contributed by atoms with Gasteiger partial charge in [0.05, 0.1) is 24.0 Å². The number of piperazine rings is 2. The Kier molecular flexibility index (Phi) is 7.12. The monoisotopic (exact) mass is 533 g/mol. The molecule has 1 unspecified atom stereocenters. The van der Waals surface area contributed by atoms with E-state index in [0.29, 0.717) is 23.3 Å². The summed E-state index contributed by atoms with van der Waals surface area (Å²) in [5, 5.41) is 13.5. The van der Waals surface area contributed by atoms with E-state index in [-0.39, 0.29) is 12.1 Å². The molecule has 6 heterocycles. The molecule has 10 nitrogen and oxygen atoms in total. The lowest BCUT2D eigenvalue weighted by molar-refractivity contribution is 0.0356. The van der Waals surface area contributed by atoms with E-state index in [1.54, 1.807) is 13.2 Å². The molecule has 0 aliphatic carbocycles. The van der Waals surface area contributed by atoms with Crippen molar-refractivity contribution in [1.82, 2.24) is 24.4 Å². The molecule has 39 heavy (non-hydrogen) atoms. The van der Waals surface area contributed by atoms with Gasteiger partial charge in [-0.2, -0.15) is 10.4 Å². The molecule has 206 valence electrons. The molecule has 0 saturated carbocycles. The van der Waals surface area contributed by atoms with E-state index in [0.717, 1.165) is 70.3 Å². The number of hydrogen-bond donors (Lipinski definition) is 1. The number of ether oxygens (including phenoxy) is 1. The standard InChI is InChI=1S/C28H36FN9O/c1-19-14-35(25-5-4-21(11-30)38-28(25)23(29)13-33-38)16-22-15-34(9-10-37(19)22)8-7-20-3-6-27(32-12-20)36-17-24(31)26(18-36)39-2/h3-6,12-13,19,22,24,26H,7-10,14-18,31H2,1-2H3/t19-,22+,24?,26-/m1/s1. The number of pyridine rings is 2. The van der Waals surface area contributed by atoms with Crippen molar-refractivity contribution in [3.63, 3.8) is 0 Å². The van der Waals surface area contributed by atoms with Crippen molar-refractivity contribution < 1.29 is 9.13 Å². The van der Waals surface area contributed by atoms with Crippen LogP contribution in [-0.2, 0) is 11.2 Å². The van der Waals surface area contributed by atoms with Gasteiger partial charge >= 0.3 is 0 Å². The average molecular weight is 534 g/mol. The van der Waals surface area contributed by atoms with Crippen LogP contribution in [0.3, 0.4) is 0 Å². The Morgan fingerprint density at radius 2 is 1.95 bits per heavy atom. The molecule has 3 aromatic heterocycles. The molecule has 11 heteroatoms. The fourth-order valence-corrected chi connectivity index (χ4v) is 6.49. The molecule has 6 rings (SSSR count). The lowest BCUT2D eigenvalue weighted by Gasteiger charge is -2.51. The van der Waals surface area contributed by atoms with Gasteiger partial charge in [-0.15, -0.1) is 0 Å². The number of nitriles is 1. The van der Waals surface area contributed by atoms with Crippen LogP contribution in [0.5, 0.6) is 0 Å². The quantitative estimate of drug-likeness (QED) is 0.503. The minimum absolute atomic E-state index is 0.00986. The van der Waals surface area contributed by atoms with E-state index in [4.69, 9.17) is 15.5 Å². The zero-order valence-corrected chi connectivity index (χ0v) is 22.6.